The Morgan fingerprint density at radius 1 is 1.38 bits per heavy atom. The second kappa shape index (κ2) is 5.41. The van der Waals surface area contributed by atoms with Crippen molar-refractivity contribution in [1.82, 2.24) is 4.98 Å². The summed E-state index contributed by atoms with van der Waals surface area (Å²) in [5.74, 6) is 2.50. The molecule has 2 rings (SSSR count). The molecule has 2 N–H and O–H groups in total. The Morgan fingerprint density at radius 3 is 2.69 bits per heavy atom. The van der Waals surface area contributed by atoms with Gasteiger partial charge in [0.25, 0.3) is 0 Å². The summed E-state index contributed by atoms with van der Waals surface area (Å²) in [5, 5.41) is 0. The zero-order valence-electron chi connectivity index (χ0n) is 9.26. The zero-order valence-corrected chi connectivity index (χ0v) is 10.1. The van der Waals surface area contributed by atoms with Crippen LogP contribution in [0.15, 0.2) is 18.3 Å². The second-order valence-corrected chi connectivity index (χ2v) is 5.59. The third kappa shape index (κ3) is 2.80. The van der Waals surface area contributed by atoms with E-state index >= 15 is 0 Å². The molecule has 0 amide bonds. The maximum absolute atomic E-state index is 11.2. The highest BCUT2D eigenvalue weighted by Crippen LogP contribution is 2.13. The van der Waals surface area contributed by atoms with Crippen LogP contribution in [-0.2, 0) is 17.2 Å². The third-order valence-corrected chi connectivity index (χ3v) is 4.02. The van der Waals surface area contributed by atoms with Crippen LogP contribution in [-0.4, -0.2) is 40.3 Å². The quantitative estimate of drug-likeness (QED) is 0.816. The SMILES string of the molecule is NCCc1ccc(N2CCS(=O)CC2)nc1. The number of nitrogens with two attached hydrogens (primary N) is 1. The molecule has 0 spiro atoms. The summed E-state index contributed by atoms with van der Waals surface area (Å²) >= 11 is 0. The molecule has 5 heteroatoms. The lowest BCUT2D eigenvalue weighted by atomic mass is 10.2. The summed E-state index contributed by atoms with van der Waals surface area (Å²) in [6, 6.07) is 4.10. The highest BCUT2D eigenvalue weighted by Gasteiger charge is 2.15. The first-order valence-electron chi connectivity index (χ1n) is 5.54. The molecule has 1 fully saturated rings. The highest BCUT2D eigenvalue weighted by atomic mass is 32.2. The minimum Gasteiger partial charge on any atom is -0.355 e. The summed E-state index contributed by atoms with van der Waals surface area (Å²) in [5.41, 5.74) is 6.66. The van der Waals surface area contributed by atoms with E-state index in [-0.39, 0.29) is 0 Å². The van der Waals surface area contributed by atoms with Crippen molar-refractivity contribution >= 4 is 16.6 Å². The Morgan fingerprint density at radius 2 is 2.12 bits per heavy atom. The van der Waals surface area contributed by atoms with E-state index in [1.54, 1.807) is 0 Å². The van der Waals surface area contributed by atoms with Gasteiger partial charge >= 0.3 is 0 Å². The molecule has 0 atom stereocenters. The summed E-state index contributed by atoms with van der Waals surface area (Å²) < 4.78 is 11.2. The van der Waals surface area contributed by atoms with Gasteiger partial charge in [-0.3, -0.25) is 4.21 Å². The molecule has 1 aromatic rings. The van der Waals surface area contributed by atoms with Gasteiger partial charge in [0.1, 0.15) is 5.82 Å². The van der Waals surface area contributed by atoms with Crippen LogP contribution < -0.4 is 10.6 Å². The van der Waals surface area contributed by atoms with Gasteiger partial charge in [-0.2, -0.15) is 0 Å². The van der Waals surface area contributed by atoms with Crippen molar-refractivity contribution < 1.29 is 4.21 Å². The van der Waals surface area contributed by atoms with Crippen LogP contribution >= 0.6 is 0 Å². The average Bonchev–Trinajstić information content (AvgIpc) is 2.32. The molecule has 2 heterocycles. The molecule has 1 aliphatic rings. The topological polar surface area (TPSA) is 59.2 Å². The molecule has 0 radical (unpaired) electrons. The number of rotatable bonds is 3. The lowest BCUT2D eigenvalue weighted by Gasteiger charge is -2.27. The van der Waals surface area contributed by atoms with Crippen LogP contribution in [0.4, 0.5) is 5.82 Å². The van der Waals surface area contributed by atoms with Gasteiger partial charge in [-0.25, -0.2) is 4.98 Å². The summed E-state index contributed by atoms with van der Waals surface area (Å²) in [6.07, 6.45) is 2.76. The van der Waals surface area contributed by atoms with Gasteiger partial charge in [0.05, 0.1) is 0 Å². The number of nitrogens with zero attached hydrogens (tertiary/aromatic N) is 2. The van der Waals surface area contributed by atoms with Gasteiger partial charge in [-0.15, -0.1) is 0 Å². The number of anilines is 1. The first kappa shape index (κ1) is 11.5. The summed E-state index contributed by atoms with van der Waals surface area (Å²) in [4.78, 5) is 6.61. The molecule has 16 heavy (non-hydrogen) atoms. The van der Waals surface area contributed by atoms with Crippen molar-refractivity contribution in [2.24, 2.45) is 5.73 Å². The van der Waals surface area contributed by atoms with Crippen LogP contribution in [0.2, 0.25) is 0 Å². The van der Waals surface area contributed by atoms with E-state index < -0.39 is 10.8 Å². The van der Waals surface area contributed by atoms with E-state index in [1.807, 2.05) is 12.3 Å². The van der Waals surface area contributed by atoms with Crippen LogP contribution in [0.3, 0.4) is 0 Å². The molecular weight excluding hydrogens is 222 g/mol. The van der Waals surface area contributed by atoms with Crippen LogP contribution in [0.1, 0.15) is 5.56 Å². The van der Waals surface area contributed by atoms with Gasteiger partial charge in [-0.05, 0) is 24.6 Å². The minimum absolute atomic E-state index is 0.628. The van der Waals surface area contributed by atoms with Crippen molar-refractivity contribution in [2.45, 2.75) is 6.42 Å². The van der Waals surface area contributed by atoms with Gasteiger partial charge in [0.2, 0.25) is 0 Å². The Hall–Kier alpha value is -0.940. The van der Waals surface area contributed by atoms with Crippen LogP contribution in [0, 0.1) is 0 Å². The first-order chi connectivity index (χ1) is 7.79. The lowest BCUT2D eigenvalue weighted by molar-refractivity contribution is 0.672. The van der Waals surface area contributed by atoms with Crippen molar-refractivity contribution in [3.63, 3.8) is 0 Å². The van der Waals surface area contributed by atoms with E-state index in [9.17, 15) is 4.21 Å². The fraction of sp³-hybridized carbons (Fsp3) is 0.545. The maximum Gasteiger partial charge on any atom is 0.128 e. The number of aromatic nitrogens is 1. The Labute approximate surface area is 98.3 Å². The average molecular weight is 239 g/mol. The molecular formula is C11H17N3OS. The molecule has 4 nitrogen and oxygen atoms in total. The van der Waals surface area contributed by atoms with Crippen molar-refractivity contribution in [3.05, 3.63) is 23.9 Å². The monoisotopic (exact) mass is 239 g/mol. The smallest absolute Gasteiger partial charge is 0.128 e. The molecule has 0 bridgehead atoms. The summed E-state index contributed by atoms with van der Waals surface area (Å²) in [7, 11) is -0.628. The molecule has 88 valence electrons. The number of hydrogen-bond donors (Lipinski definition) is 1. The zero-order chi connectivity index (χ0) is 11.4. The Kier molecular flexibility index (Phi) is 3.90. The van der Waals surface area contributed by atoms with Gasteiger partial charge in [0.15, 0.2) is 0 Å². The lowest BCUT2D eigenvalue weighted by Crippen LogP contribution is -2.38. The van der Waals surface area contributed by atoms with E-state index in [2.05, 4.69) is 16.0 Å². The largest absolute Gasteiger partial charge is 0.355 e. The molecule has 0 aromatic carbocycles. The van der Waals surface area contributed by atoms with Crippen LogP contribution in [0.25, 0.3) is 0 Å². The maximum atomic E-state index is 11.2. The predicted molar refractivity (Wildman–Crippen MR) is 67.1 cm³/mol. The molecule has 0 unspecified atom stereocenters. The van der Waals surface area contributed by atoms with Crippen molar-refractivity contribution in [1.29, 1.82) is 0 Å². The molecule has 1 aliphatic heterocycles. The predicted octanol–water partition coefficient (Wildman–Crippen LogP) is 0.151. The fourth-order valence-electron chi connectivity index (χ4n) is 1.79. The molecule has 1 saturated heterocycles. The third-order valence-electron chi connectivity index (χ3n) is 2.74. The molecule has 1 aromatic heterocycles. The Bertz CT molecular complexity index is 356. The molecule has 0 aliphatic carbocycles. The summed E-state index contributed by atoms with van der Waals surface area (Å²) in [6.45, 7) is 2.34. The van der Waals surface area contributed by atoms with Gasteiger partial charge in [0, 0.05) is 41.6 Å². The highest BCUT2D eigenvalue weighted by molar-refractivity contribution is 7.85. The minimum atomic E-state index is -0.628. The fourth-order valence-corrected chi connectivity index (χ4v) is 2.84. The standard InChI is InChI=1S/C11H17N3OS/c12-4-3-10-1-2-11(13-9-10)14-5-7-16(15)8-6-14/h1-2,9H,3-8,12H2. The van der Waals surface area contributed by atoms with Gasteiger partial charge in [-0.1, -0.05) is 6.07 Å². The normalized spacial score (nSPS) is 17.7. The number of hydrogen-bond acceptors (Lipinski definition) is 4. The molecule has 0 saturated carbocycles. The van der Waals surface area contributed by atoms with E-state index in [1.165, 1.54) is 5.56 Å². The Balaban J connectivity index is 2.01. The van der Waals surface area contributed by atoms with E-state index in [0.717, 1.165) is 36.8 Å². The second-order valence-electron chi connectivity index (χ2n) is 3.90. The number of pyridine rings is 1. The van der Waals surface area contributed by atoms with E-state index in [0.29, 0.717) is 6.54 Å². The van der Waals surface area contributed by atoms with E-state index in [4.69, 9.17) is 5.73 Å². The van der Waals surface area contributed by atoms with Gasteiger partial charge < -0.3 is 10.6 Å². The van der Waals surface area contributed by atoms with Crippen LogP contribution in [0.5, 0.6) is 0 Å². The van der Waals surface area contributed by atoms with Crippen molar-refractivity contribution in [3.8, 4) is 0 Å². The first-order valence-corrected chi connectivity index (χ1v) is 7.03. The van der Waals surface area contributed by atoms with Crippen molar-refractivity contribution in [2.75, 3.05) is 36.0 Å².